The number of thiocarbonyl (C=S) groups is 1. The number of hydrogen-bond donors (Lipinski definition) is 2. The fourth-order valence-corrected chi connectivity index (χ4v) is 3.22. The lowest BCUT2D eigenvalue weighted by atomic mass is 10.1. The number of carbonyl (C=O) groups excluding carboxylic acids is 1. The van der Waals surface area contributed by atoms with Crippen molar-refractivity contribution < 1.29 is 4.79 Å². The van der Waals surface area contributed by atoms with Gasteiger partial charge in [-0.25, -0.2) is 0 Å². The highest BCUT2D eigenvalue weighted by molar-refractivity contribution is 9.10. The summed E-state index contributed by atoms with van der Waals surface area (Å²) in [4.78, 5) is 16.3. The Balaban J connectivity index is 1.59. The molecule has 1 amide bonds. The zero-order valence-corrected chi connectivity index (χ0v) is 17.2. The first-order valence-electron chi connectivity index (χ1n) is 8.06. The quantitative estimate of drug-likeness (QED) is 0.525. The van der Waals surface area contributed by atoms with E-state index in [-0.39, 0.29) is 11.0 Å². The molecule has 0 saturated carbocycles. The first kappa shape index (κ1) is 19.5. The smallest absolute Gasteiger partial charge is 0.258 e. The lowest BCUT2D eigenvalue weighted by molar-refractivity contribution is 0.0978. The predicted molar refractivity (Wildman–Crippen MR) is 116 cm³/mol. The highest BCUT2D eigenvalue weighted by atomic mass is 79.9. The van der Waals surface area contributed by atoms with Gasteiger partial charge in [0.05, 0.1) is 10.6 Å². The van der Waals surface area contributed by atoms with Crippen LogP contribution in [-0.2, 0) is 6.42 Å². The van der Waals surface area contributed by atoms with Crippen LogP contribution in [0, 0.1) is 0 Å². The maximum absolute atomic E-state index is 12.3. The number of halogens is 2. The topological polar surface area (TPSA) is 54.0 Å². The Morgan fingerprint density at radius 1 is 1.04 bits per heavy atom. The third-order valence-electron chi connectivity index (χ3n) is 3.77. The minimum atomic E-state index is -0.367. The molecule has 0 atom stereocenters. The lowest BCUT2D eigenvalue weighted by Gasteiger charge is -2.11. The molecule has 0 saturated heterocycles. The van der Waals surface area contributed by atoms with Crippen LogP contribution in [0.2, 0.25) is 5.02 Å². The third kappa shape index (κ3) is 5.60. The van der Waals surface area contributed by atoms with Crippen LogP contribution in [0.5, 0.6) is 0 Å². The van der Waals surface area contributed by atoms with Gasteiger partial charge in [0.15, 0.2) is 5.11 Å². The van der Waals surface area contributed by atoms with Gasteiger partial charge >= 0.3 is 0 Å². The second kappa shape index (κ2) is 9.08. The largest absolute Gasteiger partial charge is 0.332 e. The summed E-state index contributed by atoms with van der Waals surface area (Å²) in [6.07, 6.45) is 4.39. The van der Waals surface area contributed by atoms with Crippen LogP contribution in [0.15, 0.2) is 71.5 Å². The number of hydrogen-bond acceptors (Lipinski definition) is 3. The van der Waals surface area contributed by atoms with E-state index in [1.54, 1.807) is 30.6 Å². The van der Waals surface area contributed by atoms with Gasteiger partial charge in [-0.05, 0) is 72.2 Å². The van der Waals surface area contributed by atoms with Crippen molar-refractivity contribution in [1.82, 2.24) is 10.3 Å². The van der Waals surface area contributed by atoms with Crippen LogP contribution in [0.1, 0.15) is 21.5 Å². The van der Waals surface area contributed by atoms with Crippen LogP contribution in [0.3, 0.4) is 0 Å². The standard InChI is InChI=1S/C20H15BrClN3OS/c21-15-3-6-18(22)17(12-15)19(26)25-20(27)24-16-4-1-13(2-5-16)11-14-7-9-23-10-8-14/h1-10,12H,11H2,(H2,24,25,26,27). The molecule has 136 valence electrons. The molecule has 2 N–H and O–H groups in total. The molecule has 1 heterocycles. The molecule has 0 aliphatic rings. The molecule has 3 rings (SSSR count). The molecule has 2 aromatic carbocycles. The minimum absolute atomic E-state index is 0.206. The Labute approximate surface area is 176 Å². The number of aromatic nitrogens is 1. The van der Waals surface area contributed by atoms with Gasteiger partial charge < -0.3 is 5.32 Å². The molecule has 0 bridgehead atoms. The molecule has 1 aromatic heterocycles. The molecule has 27 heavy (non-hydrogen) atoms. The summed E-state index contributed by atoms with van der Waals surface area (Å²) in [6, 6.07) is 16.9. The summed E-state index contributed by atoms with van der Waals surface area (Å²) in [5.74, 6) is -0.367. The molecule has 0 aliphatic heterocycles. The van der Waals surface area contributed by atoms with Crippen LogP contribution in [0.25, 0.3) is 0 Å². The van der Waals surface area contributed by atoms with Gasteiger partial charge in [0.1, 0.15) is 0 Å². The molecule has 0 unspecified atom stereocenters. The normalized spacial score (nSPS) is 10.3. The average molecular weight is 461 g/mol. The van der Waals surface area contributed by atoms with Gasteiger partial charge in [0, 0.05) is 22.6 Å². The molecule has 4 nitrogen and oxygen atoms in total. The second-order valence-corrected chi connectivity index (χ2v) is 7.49. The van der Waals surface area contributed by atoms with Gasteiger partial charge in [-0.2, -0.15) is 0 Å². The van der Waals surface area contributed by atoms with Crippen molar-refractivity contribution in [3.05, 3.63) is 93.2 Å². The van der Waals surface area contributed by atoms with E-state index in [0.717, 1.165) is 16.6 Å². The van der Waals surface area contributed by atoms with Crippen molar-refractivity contribution in [1.29, 1.82) is 0 Å². The Hall–Kier alpha value is -2.28. The van der Waals surface area contributed by atoms with E-state index < -0.39 is 0 Å². The first-order valence-corrected chi connectivity index (χ1v) is 9.64. The number of amides is 1. The van der Waals surface area contributed by atoms with Crippen LogP contribution < -0.4 is 10.6 Å². The number of anilines is 1. The van der Waals surface area contributed by atoms with Crippen molar-refractivity contribution in [3.8, 4) is 0 Å². The molecule has 0 spiro atoms. The van der Waals surface area contributed by atoms with Crippen molar-refractivity contribution in [2.75, 3.05) is 5.32 Å². The van der Waals surface area contributed by atoms with Crippen LogP contribution >= 0.6 is 39.7 Å². The summed E-state index contributed by atoms with van der Waals surface area (Å²) in [7, 11) is 0. The zero-order valence-electron chi connectivity index (χ0n) is 14.1. The van der Waals surface area contributed by atoms with E-state index in [1.165, 1.54) is 11.1 Å². The first-order chi connectivity index (χ1) is 13.0. The lowest BCUT2D eigenvalue weighted by Crippen LogP contribution is -2.34. The fourth-order valence-electron chi connectivity index (χ4n) is 2.45. The number of benzene rings is 2. The summed E-state index contributed by atoms with van der Waals surface area (Å²) in [6.45, 7) is 0. The number of carbonyl (C=O) groups is 1. The van der Waals surface area contributed by atoms with E-state index in [2.05, 4.69) is 31.5 Å². The Morgan fingerprint density at radius 3 is 2.41 bits per heavy atom. The third-order valence-corrected chi connectivity index (χ3v) is 4.80. The highest BCUT2D eigenvalue weighted by Gasteiger charge is 2.12. The molecule has 0 aliphatic carbocycles. The summed E-state index contributed by atoms with van der Waals surface area (Å²) in [5.41, 5.74) is 3.50. The van der Waals surface area contributed by atoms with E-state index in [0.29, 0.717) is 10.6 Å². The number of pyridine rings is 1. The van der Waals surface area contributed by atoms with Gasteiger partial charge in [0.25, 0.3) is 5.91 Å². The number of rotatable bonds is 4. The molecule has 3 aromatic rings. The summed E-state index contributed by atoms with van der Waals surface area (Å²) in [5, 5.41) is 6.21. The number of nitrogens with one attached hydrogen (secondary N) is 2. The van der Waals surface area contributed by atoms with Crippen molar-refractivity contribution in [2.45, 2.75) is 6.42 Å². The molecule has 0 fully saturated rings. The molecule has 7 heteroatoms. The van der Waals surface area contributed by atoms with Crippen molar-refractivity contribution in [3.63, 3.8) is 0 Å². The van der Waals surface area contributed by atoms with Crippen LogP contribution in [0.4, 0.5) is 5.69 Å². The maximum Gasteiger partial charge on any atom is 0.258 e. The Bertz CT molecular complexity index is 965. The zero-order chi connectivity index (χ0) is 19.2. The monoisotopic (exact) mass is 459 g/mol. The molecular weight excluding hydrogens is 446 g/mol. The van der Waals surface area contributed by atoms with E-state index in [9.17, 15) is 4.79 Å². The second-order valence-electron chi connectivity index (χ2n) is 5.76. The maximum atomic E-state index is 12.3. The fraction of sp³-hybridized carbons (Fsp3) is 0.0500. The van der Waals surface area contributed by atoms with E-state index in [1.807, 2.05) is 36.4 Å². The molecular formula is C20H15BrClN3OS. The summed E-state index contributed by atoms with van der Waals surface area (Å²) >= 11 is 14.6. The highest BCUT2D eigenvalue weighted by Crippen LogP contribution is 2.21. The Morgan fingerprint density at radius 2 is 1.70 bits per heavy atom. The van der Waals surface area contributed by atoms with Gasteiger partial charge in [0.2, 0.25) is 0 Å². The van der Waals surface area contributed by atoms with Gasteiger partial charge in [-0.3, -0.25) is 15.1 Å². The van der Waals surface area contributed by atoms with Crippen molar-refractivity contribution >= 4 is 56.5 Å². The van der Waals surface area contributed by atoms with E-state index >= 15 is 0 Å². The number of nitrogens with zero attached hydrogens (tertiary/aromatic N) is 1. The van der Waals surface area contributed by atoms with E-state index in [4.69, 9.17) is 23.8 Å². The predicted octanol–water partition coefficient (Wildman–Crippen LogP) is 5.22. The van der Waals surface area contributed by atoms with Crippen LogP contribution in [-0.4, -0.2) is 16.0 Å². The van der Waals surface area contributed by atoms with Gasteiger partial charge in [-0.15, -0.1) is 0 Å². The Kier molecular flexibility index (Phi) is 6.55. The van der Waals surface area contributed by atoms with Gasteiger partial charge in [-0.1, -0.05) is 39.7 Å². The minimum Gasteiger partial charge on any atom is -0.332 e. The average Bonchev–Trinajstić information content (AvgIpc) is 2.66. The molecule has 0 radical (unpaired) electrons. The van der Waals surface area contributed by atoms with Crippen molar-refractivity contribution in [2.24, 2.45) is 0 Å². The SMILES string of the molecule is O=C(NC(=S)Nc1ccc(Cc2ccncc2)cc1)c1cc(Br)ccc1Cl. The summed E-state index contributed by atoms with van der Waals surface area (Å²) < 4.78 is 0.765.